The third kappa shape index (κ3) is 3.72. The van der Waals surface area contributed by atoms with Crippen molar-refractivity contribution in [2.24, 2.45) is 0 Å². The predicted octanol–water partition coefficient (Wildman–Crippen LogP) is 3.48. The molecule has 0 unspecified atom stereocenters. The Kier molecular flexibility index (Phi) is 5.12. The molecule has 0 fully saturated rings. The fraction of sp³-hybridized carbons (Fsp3) is 0.182. The highest BCUT2D eigenvalue weighted by Crippen LogP contribution is 2.31. The van der Waals surface area contributed by atoms with Gasteiger partial charge in [-0.15, -0.1) is 0 Å². The highest BCUT2D eigenvalue weighted by molar-refractivity contribution is 6.42. The molecule has 0 bridgehead atoms. The van der Waals surface area contributed by atoms with Gasteiger partial charge in [0, 0.05) is 6.07 Å². The highest BCUT2D eigenvalue weighted by Gasteiger charge is 2.14. The fourth-order valence-electron chi connectivity index (χ4n) is 1.21. The normalized spacial score (nSPS) is 10.6. The first kappa shape index (κ1) is 14.5. The topological polar surface area (TPSA) is 69.4 Å². The number of nitro groups is 1. The van der Waals surface area contributed by atoms with Gasteiger partial charge in [0.25, 0.3) is 5.69 Å². The van der Waals surface area contributed by atoms with Gasteiger partial charge in [0.1, 0.15) is 0 Å². The van der Waals surface area contributed by atoms with Crippen molar-refractivity contribution in [2.75, 3.05) is 7.11 Å². The van der Waals surface area contributed by atoms with Crippen LogP contribution in [-0.2, 0) is 9.53 Å². The lowest BCUT2D eigenvalue weighted by Crippen LogP contribution is -1.97. The molecule has 0 heterocycles. The number of hydrogen-bond donors (Lipinski definition) is 0. The number of ether oxygens (including phenoxy) is 1. The van der Waals surface area contributed by atoms with E-state index >= 15 is 0 Å². The van der Waals surface area contributed by atoms with Crippen molar-refractivity contribution in [3.8, 4) is 0 Å². The Labute approximate surface area is 113 Å². The Morgan fingerprint density at radius 1 is 1.44 bits per heavy atom. The predicted molar refractivity (Wildman–Crippen MR) is 68.8 cm³/mol. The lowest BCUT2D eigenvalue weighted by Gasteiger charge is -2.01. The monoisotopic (exact) mass is 289 g/mol. The minimum atomic E-state index is -0.569. The summed E-state index contributed by atoms with van der Waals surface area (Å²) in [6.45, 7) is 0. The zero-order chi connectivity index (χ0) is 13.7. The summed E-state index contributed by atoms with van der Waals surface area (Å²) in [7, 11) is 1.26. The summed E-state index contributed by atoms with van der Waals surface area (Å²) in [6.07, 6.45) is 2.91. The zero-order valence-electron chi connectivity index (χ0n) is 9.35. The summed E-state index contributed by atoms with van der Waals surface area (Å²) in [6, 6.07) is 2.54. The van der Waals surface area contributed by atoms with Gasteiger partial charge in [0.15, 0.2) is 0 Å². The molecule has 0 atom stereocenters. The number of esters is 1. The SMILES string of the molecule is COC(=O)CC=Cc1cc(Cl)c(Cl)cc1[N+](=O)[O-]. The number of hydrogen-bond acceptors (Lipinski definition) is 4. The molecule has 1 aromatic carbocycles. The molecule has 7 heteroatoms. The van der Waals surface area contributed by atoms with E-state index in [4.69, 9.17) is 23.2 Å². The van der Waals surface area contributed by atoms with Crippen molar-refractivity contribution >= 4 is 40.9 Å². The molecule has 96 valence electrons. The van der Waals surface area contributed by atoms with E-state index in [9.17, 15) is 14.9 Å². The van der Waals surface area contributed by atoms with Crippen LogP contribution in [0, 0.1) is 10.1 Å². The van der Waals surface area contributed by atoms with Crippen LogP contribution < -0.4 is 0 Å². The maximum atomic E-state index is 10.9. The molecule has 0 aromatic heterocycles. The Morgan fingerprint density at radius 2 is 2.06 bits per heavy atom. The number of benzene rings is 1. The summed E-state index contributed by atoms with van der Waals surface area (Å²) >= 11 is 11.5. The molecule has 0 saturated heterocycles. The van der Waals surface area contributed by atoms with E-state index in [-0.39, 0.29) is 27.7 Å². The molecule has 18 heavy (non-hydrogen) atoms. The molecule has 0 radical (unpaired) electrons. The second-order valence-corrected chi connectivity index (χ2v) is 4.08. The molecule has 0 saturated carbocycles. The van der Waals surface area contributed by atoms with Crippen molar-refractivity contribution < 1.29 is 14.5 Å². The average molecular weight is 290 g/mol. The smallest absolute Gasteiger partial charge is 0.309 e. The molecule has 0 aliphatic rings. The van der Waals surface area contributed by atoms with Crippen molar-refractivity contribution in [1.29, 1.82) is 0 Å². The minimum absolute atomic E-state index is 0.0217. The number of nitro benzene ring substituents is 1. The van der Waals surface area contributed by atoms with Gasteiger partial charge >= 0.3 is 5.97 Å². The second-order valence-electron chi connectivity index (χ2n) is 3.26. The van der Waals surface area contributed by atoms with Crippen LogP contribution in [0.15, 0.2) is 18.2 Å². The molecule has 5 nitrogen and oxygen atoms in total. The third-order valence-corrected chi connectivity index (χ3v) is 2.80. The van der Waals surface area contributed by atoms with Gasteiger partial charge in [-0.05, 0) is 6.07 Å². The van der Waals surface area contributed by atoms with E-state index in [2.05, 4.69) is 4.74 Å². The highest BCUT2D eigenvalue weighted by atomic mass is 35.5. The van der Waals surface area contributed by atoms with Crippen LogP contribution in [0.25, 0.3) is 6.08 Å². The first-order valence-electron chi connectivity index (χ1n) is 4.82. The number of carbonyl (C=O) groups is 1. The molecule has 0 N–H and O–H groups in total. The number of rotatable bonds is 4. The van der Waals surface area contributed by atoms with Crippen molar-refractivity contribution in [3.05, 3.63) is 43.9 Å². The van der Waals surface area contributed by atoms with E-state index in [1.807, 2.05) is 0 Å². The van der Waals surface area contributed by atoms with Crippen LogP contribution >= 0.6 is 23.2 Å². The molecule has 0 aliphatic heterocycles. The van der Waals surface area contributed by atoms with E-state index in [0.29, 0.717) is 0 Å². The first-order chi connectivity index (χ1) is 8.45. The molecule has 0 aliphatic carbocycles. The van der Waals surface area contributed by atoms with E-state index in [1.54, 1.807) is 0 Å². The molecule has 1 rings (SSSR count). The molecule has 0 spiro atoms. The summed E-state index contributed by atoms with van der Waals surface area (Å²) in [5, 5.41) is 11.1. The van der Waals surface area contributed by atoms with Gasteiger partial charge < -0.3 is 4.74 Å². The van der Waals surface area contributed by atoms with Gasteiger partial charge in [-0.25, -0.2) is 0 Å². The van der Waals surface area contributed by atoms with Gasteiger partial charge in [-0.3, -0.25) is 14.9 Å². The Bertz CT molecular complexity index is 514. The van der Waals surface area contributed by atoms with Crippen LogP contribution in [0.2, 0.25) is 10.0 Å². The molecule has 0 amide bonds. The van der Waals surface area contributed by atoms with Gasteiger partial charge in [0.2, 0.25) is 0 Å². The number of methoxy groups -OCH3 is 1. The Balaban J connectivity index is 3.03. The van der Waals surface area contributed by atoms with Crippen LogP contribution in [-0.4, -0.2) is 18.0 Å². The van der Waals surface area contributed by atoms with E-state index in [1.165, 1.54) is 31.4 Å². The number of halogens is 2. The standard InChI is InChI=1S/C11H9Cl2NO4/c1-18-11(15)4-2-3-7-5-8(12)9(13)6-10(7)14(16)17/h2-3,5-6H,4H2,1H3. The van der Waals surface area contributed by atoms with E-state index in [0.717, 1.165) is 0 Å². The minimum Gasteiger partial charge on any atom is -0.469 e. The first-order valence-corrected chi connectivity index (χ1v) is 5.58. The summed E-state index contributed by atoms with van der Waals surface area (Å²) in [4.78, 5) is 21.1. The second kappa shape index (κ2) is 6.37. The van der Waals surface area contributed by atoms with Crippen molar-refractivity contribution in [2.45, 2.75) is 6.42 Å². The number of nitrogens with zero attached hydrogens (tertiary/aromatic N) is 1. The number of carbonyl (C=O) groups excluding carboxylic acids is 1. The van der Waals surface area contributed by atoms with Gasteiger partial charge in [0.05, 0.1) is 34.1 Å². The van der Waals surface area contributed by atoms with Gasteiger partial charge in [-0.2, -0.15) is 0 Å². The van der Waals surface area contributed by atoms with Crippen LogP contribution in [0.5, 0.6) is 0 Å². The lowest BCUT2D eigenvalue weighted by atomic mass is 10.1. The van der Waals surface area contributed by atoms with E-state index < -0.39 is 10.9 Å². The van der Waals surface area contributed by atoms with Gasteiger partial charge in [-0.1, -0.05) is 35.4 Å². The fourth-order valence-corrected chi connectivity index (χ4v) is 1.54. The molecular weight excluding hydrogens is 281 g/mol. The third-order valence-electron chi connectivity index (χ3n) is 2.08. The van der Waals surface area contributed by atoms with Crippen LogP contribution in [0.3, 0.4) is 0 Å². The van der Waals surface area contributed by atoms with Crippen molar-refractivity contribution in [1.82, 2.24) is 0 Å². The maximum absolute atomic E-state index is 10.9. The Morgan fingerprint density at radius 3 is 2.61 bits per heavy atom. The van der Waals surface area contributed by atoms with Crippen LogP contribution in [0.1, 0.15) is 12.0 Å². The Hall–Kier alpha value is -1.59. The quantitative estimate of drug-likeness (QED) is 0.483. The summed E-state index contributed by atoms with van der Waals surface area (Å²) < 4.78 is 4.44. The summed E-state index contributed by atoms with van der Waals surface area (Å²) in [5.41, 5.74) is 0.101. The van der Waals surface area contributed by atoms with Crippen molar-refractivity contribution in [3.63, 3.8) is 0 Å². The van der Waals surface area contributed by atoms with Crippen LogP contribution in [0.4, 0.5) is 5.69 Å². The summed E-state index contributed by atoms with van der Waals surface area (Å²) in [5.74, 6) is -0.436. The average Bonchev–Trinajstić information content (AvgIpc) is 2.32. The lowest BCUT2D eigenvalue weighted by molar-refractivity contribution is -0.385. The molecule has 1 aromatic rings. The maximum Gasteiger partial charge on any atom is 0.309 e. The largest absolute Gasteiger partial charge is 0.469 e. The zero-order valence-corrected chi connectivity index (χ0v) is 10.9. The molecular formula is C11H9Cl2NO4.